The highest BCUT2D eigenvalue weighted by molar-refractivity contribution is 5.85. The van der Waals surface area contributed by atoms with E-state index in [1.807, 2.05) is 17.9 Å². The van der Waals surface area contributed by atoms with E-state index >= 15 is 0 Å². The third kappa shape index (κ3) is 2.15. The van der Waals surface area contributed by atoms with Gasteiger partial charge in [0.05, 0.1) is 12.2 Å². The predicted molar refractivity (Wildman–Crippen MR) is 88.9 cm³/mol. The van der Waals surface area contributed by atoms with Gasteiger partial charge in [0.1, 0.15) is 0 Å². The normalized spacial score (nSPS) is 17.4. The maximum Gasteiger partial charge on any atom is 0.0656 e. The monoisotopic (exact) mass is 294 g/mol. The molecule has 0 amide bonds. The number of aromatic amines is 1. The van der Waals surface area contributed by atoms with Gasteiger partial charge in [-0.2, -0.15) is 5.10 Å². The van der Waals surface area contributed by atoms with Gasteiger partial charge in [0.15, 0.2) is 0 Å². The molecule has 22 heavy (non-hydrogen) atoms. The average Bonchev–Trinajstić information content (AvgIpc) is 3.22. The highest BCUT2D eigenvalue weighted by Gasteiger charge is 2.29. The molecule has 1 fully saturated rings. The number of aromatic nitrogens is 3. The summed E-state index contributed by atoms with van der Waals surface area (Å²) < 4.78 is 1.91. The molecular formula is C18H22N4. The minimum atomic E-state index is 0.298. The van der Waals surface area contributed by atoms with Gasteiger partial charge in [0.2, 0.25) is 0 Å². The Kier molecular flexibility index (Phi) is 3.26. The van der Waals surface area contributed by atoms with E-state index in [1.54, 1.807) is 0 Å². The van der Waals surface area contributed by atoms with E-state index in [9.17, 15) is 0 Å². The number of para-hydroxylation sites is 1. The van der Waals surface area contributed by atoms with Crippen LogP contribution in [0.25, 0.3) is 10.9 Å². The highest BCUT2D eigenvalue weighted by Crippen LogP contribution is 2.37. The molecule has 4 nitrogen and oxygen atoms in total. The summed E-state index contributed by atoms with van der Waals surface area (Å²) in [6, 6.07) is 8.91. The van der Waals surface area contributed by atoms with Gasteiger partial charge in [-0.25, -0.2) is 0 Å². The Morgan fingerprint density at radius 2 is 1.95 bits per heavy atom. The van der Waals surface area contributed by atoms with Gasteiger partial charge in [0, 0.05) is 41.0 Å². The van der Waals surface area contributed by atoms with E-state index in [2.05, 4.69) is 52.4 Å². The van der Waals surface area contributed by atoms with E-state index in [-0.39, 0.29) is 0 Å². The first-order valence-corrected chi connectivity index (χ1v) is 8.04. The standard InChI is InChI=1S/C18H22N4/c1-13-17(15-7-3-4-8-16(15)20-13)18(22-9-5-6-10-22)14-11-19-21(2)12-14/h3-4,7-8,11-12,18,20H,5-6,9-10H2,1-2H3. The zero-order valence-corrected chi connectivity index (χ0v) is 13.2. The Labute approximate surface area is 130 Å². The molecule has 2 aromatic heterocycles. The Morgan fingerprint density at radius 1 is 1.18 bits per heavy atom. The molecular weight excluding hydrogens is 272 g/mol. The summed E-state index contributed by atoms with van der Waals surface area (Å²) in [6.07, 6.45) is 6.75. The van der Waals surface area contributed by atoms with Crippen LogP contribution in [0.1, 0.15) is 35.7 Å². The van der Waals surface area contributed by atoms with Crippen molar-refractivity contribution in [3.05, 3.63) is 53.5 Å². The van der Waals surface area contributed by atoms with Crippen LogP contribution in [-0.2, 0) is 7.05 Å². The first-order chi connectivity index (χ1) is 10.7. The fourth-order valence-electron chi connectivity index (χ4n) is 3.79. The lowest BCUT2D eigenvalue weighted by Gasteiger charge is -2.27. The number of hydrogen-bond donors (Lipinski definition) is 1. The molecule has 1 aliphatic heterocycles. The molecule has 1 N–H and O–H groups in total. The summed E-state index contributed by atoms with van der Waals surface area (Å²) in [5, 5.41) is 5.74. The molecule has 114 valence electrons. The molecule has 0 radical (unpaired) electrons. The maximum atomic E-state index is 4.41. The lowest BCUT2D eigenvalue weighted by atomic mass is 9.97. The fourth-order valence-corrected chi connectivity index (χ4v) is 3.79. The zero-order chi connectivity index (χ0) is 15.1. The van der Waals surface area contributed by atoms with Crippen LogP contribution >= 0.6 is 0 Å². The van der Waals surface area contributed by atoms with Gasteiger partial charge in [-0.05, 0) is 38.9 Å². The third-order valence-corrected chi connectivity index (χ3v) is 4.76. The molecule has 0 bridgehead atoms. The second kappa shape index (κ2) is 5.29. The van der Waals surface area contributed by atoms with Crippen LogP contribution in [0.15, 0.2) is 36.7 Å². The first-order valence-electron chi connectivity index (χ1n) is 8.04. The average molecular weight is 294 g/mol. The SMILES string of the molecule is Cc1[nH]c2ccccc2c1C(c1cnn(C)c1)N1CCCC1. The Balaban J connectivity index is 1.90. The predicted octanol–water partition coefficient (Wildman–Crippen LogP) is 3.40. The molecule has 0 aliphatic carbocycles. The van der Waals surface area contributed by atoms with E-state index in [0.29, 0.717) is 6.04 Å². The Morgan fingerprint density at radius 3 is 2.68 bits per heavy atom. The van der Waals surface area contributed by atoms with Gasteiger partial charge < -0.3 is 4.98 Å². The molecule has 1 aromatic carbocycles. The van der Waals surface area contributed by atoms with Gasteiger partial charge in [0.25, 0.3) is 0 Å². The van der Waals surface area contributed by atoms with Crippen molar-refractivity contribution in [2.75, 3.05) is 13.1 Å². The van der Waals surface area contributed by atoms with Crippen LogP contribution in [0.5, 0.6) is 0 Å². The third-order valence-electron chi connectivity index (χ3n) is 4.76. The van der Waals surface area contributed by atoms with E-state index < -0.39 is 0 Å². The summed E-state index contributed by atoms with van der Waals surface area (Å²) in [4.78, 5) is 6.15. The summed E-state index contributed by atoms with van der Waals surface area (Å²) in [7, 11) is 1.99. The van der Waals surface area contributed by atoms with Crippen LogP contribution in [0, 0.1) is 6.92 Å². The number of benzene rings is 1. The number of rotatable bonds is 3. The molecule has 0 spiro atoms. The molecule has 1 atom stereocenters. The number of nitrogens with one attached hydrogen (secondary N) is 1. The smallest absolute Gasteiger partial charge is 0.0656 e. The number of hydrogen-bond acceptors (Lipinski definition) is 2. The van der Waals surface area contributed by atoms with Crippen LogP contribution in [0.4, 0.5) is 0 Å². The summed E-state index contributed by atoms with van der Waals surface area (Å²) in [5.74, 6) is 0. The van der Waals surface area contributed by atoms with Crippen molar-refractivity contribution in [1.29, 1.82) is 0 Å². The Hall–Kier alpha value is -2.07. The molecule has 1 unspecified atom stereocenters. The number of fused-ring (bicyclic) bond motifs is 1. The van der Waals surface area contributed by atoms with Crippen LogP contribution < -0.4 is 0 Å². The number of nitrogens with zero attached hydrogens (tertiary/aromatic N) is 3. The molecule has 1 aliphatic rings. The van der Waals surface area contributed by atoms with Gasteiger partial charge in [-0.15, -0.1) is 0 Å². The van der Waals surface area contributed by atoms with Crippen molar-refractivity contribution >= 4 is 10.9 Å². The summed E-state index contributed by atoms with van der Waals surface area (Å²) in [5.41, 5.74) is 5.19. The van der Waals surface area contributed by atoms with E-state index in [0.717, 1.165) is 0 Å². The van der Waals surface area contributed by atoms with Gasteiger partial charge in [-0.1, -0.05) is 18.2 Å². The molecule has 1 saturated heterocycles. The summed E-state index contributed by atoms with van der Waals surface area (Å²) in [6.45, 7) is 4.52. The molecule has 0 saturated carbocycles. The Bertz CT molecular complexity index is 792. The van der Waals surface area contributed by atoms with Crippen LogP contribution in [0.2, 0.25) is 0 Å². The van der Waals surface area contributed by atoms with Gasteiger partial charge >= 0.3 is 0 Å². The quantitative estimate of drug-likeness (QED) is 0.804. The van der Waals surface area contributed by atoms with E-state index in [1.165, 1.54) is 53.7 Å². The number of H-pyrrole nitrogens is 1. The van der Waals surface area contributed by atoms with Crippen LogP contribution in [0.3, 0.4) is 0 Å². The minimum absolute atomic E-state index is 0.298. The first kappa shape index (κ1) is 13.6. The number of likely N-dealkylation sites (tertiary alicyclic amines) is 1. The van der Waals surface area contributed by atoms with Crippen molar-refractivity contribution in [2.24, 2.45) is 7.05 Å². The molecule has 3 aromatic rings. The van der Waals surface area contributed by atoms with E-state index in [4.69, 9.17) is 0 Å². The van der Waals surface area contributed by atoms with Crippen molar-refractivity contribution in [1.82, 2.24) is 19.7 Å². The largest absolute Gasteiger partial charge is 0.358 e. The lowest BCUT2D eigenvalue weighted by Crippen LogP contribution is -2.26. The molecule has 4 heteroatoms. The molecule has 3 heterocycles. The van der Waals surface area contributed by atoms with Gasteiger partial charge in [-0.3, -0.25) is 9.58 Å². The van der Waals surface area contributed by atoms with Crippen molar-refractivity contribution in [2.45, 2.75) is 25.8 Å². The molecule has 4 rings (SSSR count). The highest BCUT2D eigenvalue weighted by atomic mass is 15.3. The zero-order valence-electron chi connectivity index (χ0n) is 13.2. The second-order valence-corrected chi connectivity index (χ2v) is 6.30. The number of aryl methyl sites for hydroxylation is 2. The fraction of sp³-hybridized carbons (Fsp3) is 0.389. The second-order valence-electron chi connectivity index (χ2n) is 6.30. The topological polar surface area (TPSA) is 36.9 Å². The van der Waals surface area contributed by atoms with Crippen LogP contribution in [-0.4, -0.2) is 32.8 Å². The maximum absolute atomic E-state index is 4.41. The summed E-state index contributed by atoms with van der Waals surface area (Å²) >= 11 is 0. The van der Waals surface area contributed by atoms with Crippen molar-refractivity contribution in [3.63, 3.8) is 0 Å². The lowest BCUT2D eigenvalue weighted by molar-refractivity contribution is 0.281. The van der Waals surface area contributed by atoms with Crippen molar-refractivity contribution in [3.8, 4) is 0 Å². The minimum Gasteiger partial charge on any atom is -0.358 e. The van der Waals surface area contributed by atoms with Crippen molar-refractivity contribution < 1.29 is 0 Å².